The quantitative estimate of drug-likeness (QED) is 0.311. The van der Waals surface area contributed by atoms with Gasteiger partial charge in [0, 0.05) is 23.1 Å². The largest absolute Gasteiger partial charge is 0.354 e. The van der Waals surface area contributed by atoms with Gasteiger partial charge in [0.15, 0.2) is 0 Å². The molecule has 0 saturated carbocycles. The van der Waals surface area contributed by atoms with Crippen molar-refractivity contribution in [3.8, 4) is 0 Å². The van der Waals surface area contributed by atoms with Gasteiger partial charge >= 0.3 is 0 Å². The van der Waals surface area contributed by atoms with E-state index in [1.165, 1.54) is 23.1 Å². The predicted molar refractivity (Wildman–Crippen MR) is 156 cm³/mol. The van der Waals surface area contributed by atoms with Crippen molar-refractivity contribution in [2.24, 2.45) is 5.92 Å². The average Bonchev–Trinajstić information content (AvgIpc) is 2.91. The topological polar surface area (TPSA) is 86.8 Å². The molecule has 0 bridgehead atoms. The van der Waals surface area contributed by atoms with E-state index in [9.17, 15) is 18.0 Å². The number of hydrogen-bond donors (Lipinski definition) is 1. The minimum absolute atomic E-state index is 0.0316. The highest BCUT2D eigenvalue weighted by Crippen LogP contribution is 2.30. The summed E-state index contributed by atoms with van der Waals surface area (Å²) in [4.78, 5) is 28.4. The highest BCUT2D eigenvalue weighted by atomic mass is 35.5. The standard InChI is InChI=1S/C29H33Cl2N3O4S/c1-20(2)17-32-29(36)22(4)33(18-23-11-14-24(30)15-12-23)28(35)19-34(27-16-25(31)13-10-21(27)3)39(37,38)26-8-6-5-7-9-26/h5-16,20,22H,17-19H2,1-4H3,(H,32,36). The van der Waals surface area contributed by atoms with Crippen molar-refractivity contribution in [1.82, 2.24) is 10.2 Å². The van der Waals surface area contributed by atoms with E-state index >= 15 is 0 Å². The Hall–Kier alpha value is -3.07. The molecule has 0 saturated heterocycles. The summed E-state index contributed by atoms with van der Waals surface area (Å²) in [6, 6.07) is 18.8. The van der Waals surface area contributed by atoms with Crippen molar-refractivity contribution in [2.45, 2.75) is 45.2 Å². The number of hydrogen-bond acceptors (Lipinski definition) is 4. The minimum atomic E-state index is -4.16. The van der Waals surface area contributed by atoms with Gasteiger partial charge in [-0.3, -0.25) is 13.9 Å². The molecule has 7 nitrogen and oxygen atoms in total. The fraction of sp³-hybridized carbons (Fsp3) is 0.310. The zero-order valence-corrected chi connectivity index (χ0v) is 24.7. The molecule has 0 aromatic heterocycles. The lowest BCUT2D eigenvalue weighted by atomic mass is 10.1. The van der Waals surface area contributed by atoms with E-state index in [1.54, 1.807) is 68.4 Å². The van der Waals surface area contributed by atoms with E-state index in [0.29, 0.717) is 22.2 Å². The third-order valence-electron chi connectivity index (χ3n) is 6.17. The maximum atomic E-state index is 13.9. The molecular formula is C29H33Cl2N3O4S. The number of amides is 2. The molecule has 10 heteroatoms. The zero-order chi connectivity index (χ0) is 28.7. The van der Waals surface area contributed by atoms with Crippen molar-refractivity contribution in [1.29, 1.82) is 0 Å². The normalized spacial score (nSPS) is 12.2. The van der Waals surface area contributed by atoms with Crippen LogP contribution in [0.15, 0.2) is 77.7 Å². The first-order valence-corrected chi connectivity index (χ1v) is 14.7. The smallest absolute Gasteiger partial charge is 0.264 e. The summed E-state index contributed by atoms with van der Waals surface area (Å²) in [5.74, 6) is -0.655. The van der Waals surface area contributed by atoms with Gasteiger partial charge in [-0.1, -0.05) is 73.4 Å². The van der Waals surface area contributed by atoms with Crippen molar-refractivity contribution in [3.05, 3.63) is 94.0 Å². The number of aryl methyl sites for hydroxylation is 1. The van der Waals surface area contributed by atoms with Crippen LogP contribution in [0.3, 0.4) is 0 Å². The number of benzene rings is 3. The summed E-state index contributed by atoms with van der Waals surface area (Å²) in [6.45, 7) is 7.32. The Labute approximate surface area is 240 Å². The number of anilines is 1. The molecule has 3 aromatic rings. The van der Waals surface area contributed by atoms with Gasteiger partial charge in [-0.15, -0.1) is 0 Å². The Balaban J connectivity index is 2.03. The number of sulfonamides is 1. The SMILES string of the molecule is Cc1ccc(Cl)cc1N(CC(=O)N(Cc1ccc(Cl)cc1)C(C)C(=O)NCC(C)C)S(=O)(=O)c1ccccc1. The van der Waals surface area contributed by atoms with E-state index < -0.39 is 28.5 Å². The van der Waals surface area contributed by atoms with Crippen molar-refractivity contribution in [2.75, 3.05) is 17.4 Å². The summed E-state index contributed by atoms with van der Waals surface area (Å²) in [5, 5.41) is 3.73. The van der Waals surface area contributed by atoms with Gasteiger partial charge < -0.3 is 10.2 Å². The number of rotatable bonds is 11. The highest BCUT2D eigenvalue weighted by molar-refractivity contribution is 7.92. The summed E-state index contributed by atoms with van der Waals surface area (Å²) >= 11 is 12.3. The van der Waals surface area contributed by atoms with Gasteiger partial charge in [-0.05, 0) is 67.3 Å². The van der Waals surface area contributed by atoms with Crippen LogP contribution >= 0.6 is 23.2 Å². The molecule has 0 radical (unpaired) electrons. The Morgan fingerprint density at radius 3 is 2.13 bits per heavy atom. The molecule has 0 aliphatic carbocycles. The third kappa shape index (κ3) is 7.97. The second kappa shape index (κ2) is 13.3. The summed E-state index contributed by atoms with van der Waals surface area (Å²) in [6.07, 6.45) is 0. The second-order valence-electron chi connectivity index (χ2n) is 9.72. The first kappa shape index (κ1) is 30.5. The van der Waals surface area contributed by atoms with Gasteiger partial charge in [-0.25, -0.2) is 8.42 Å². The number of carbonyl (C=O) groups excluding carboxylic acids is 2. The van der Waals surface area contributed by atoms with Gasteiger partial charge in [0.1, 0.15) is 12.6 Å². The fourth-order valence-electron chi connectivity index (χ4n) is 3.91. The Bertz CT molecular complexity index is 1400. The average molecular weight is 591 g/mol. The lowest BCUT2D eigenvalue weighted by Crippen LogP contribution is -2.51. The van der Waals surface area contributed by atoms with E-state index in [2.05, 4.69) is 5.32 Å². The Morgan fingerprint density at radius 2 is 1.51 bits per heavy atom. The number of carbonyl (C=O) groups is 2. The van der Waals surface area contributed by atoms with Crippen LogP contribution < -0.4 is 9.62 Å². The molecule has 3 rings (SSSR count). The minimum Gasteiger partial charge on any atom is -0.354 e. The van der Waals surface area contributed by atoms with Crippen LogP contribution in [0.25, 0.3) is 0 Å². The fourth-order valence-corrected chi connectivity index (χ4v) is 5.69. The van der Waals surface area contributed by atoms with Crippen LogP contribution in [0.4, 0.5) is 5.69 Å². The van der Waals surface area contributed by atoms with Gasteiger partial charge in [0.25, 0.3) is 10.0 Å². The molecule has 0 spiro atoms. The van der Waals surface area contributed by atoms with Crippen molar-refractivity contribution < 1.29 is 18.0 Å². The molecule has 0 aliphatic heterocycles. The monoisotopic (exact) mass is 589 g/mol. The Kier molecular flexibility index (Phi) is 10.4. The Morgan fingerprint density at radius 1 is 0.897 bits per heavy atom. The van der Waals surface area contributed by atoms with Crippen LogP contribution in [-0.4, -0.2) is 44.3 Å². The van der Waals surface area contributed by atoms with Crippen LogP contribution in [0.5, 0.6) is 0 Å². The summed E-state index contributed by atoms with van der Waals surface area (Å²) in [5.41, 5.74) is 1.65. The van der Waals surface area contributed by atoms with E-state index in [1.807, 2.05) is 13.8 Å². The molecule has 0 aliphatic rings. The molecule has 39 heavy (non-hydrogen) atoms. The maximum Gasteiger partial charge on any atom is 0.264 e. The molecule has 0 fully saturated rings. The first-order valence-electron chi connectivity index (χ1n) is 12.6. The van der Waals surface area contributed by atoms with Gasteiger partial charge in [-0.2, -0.15) is 0 Å². The van der Waals surface area contributed by atoms with Crippen LogP contribution in [-0.2, 0) is 26.2 Å². The van der Waals surface area contributed by atoms with Crippen LogP contribution in [0, 0.1) is 12.8 Å². The molecule has 1 N–H and O–H groups in total. The second-order valence-corrected chi connectivity index (χ2v) is 12.5. The summed E-state index contributed by atoms with van der Waals surface area (Å²) < 4.78 is 28.8. The van der Waals surface area contributed by atoms with Crippen LogP contribution in [0.1, 0.15) is 31.9 Å². The first-order chi connectivity index (χ1) is 18.4. The lowest BCUT2D eigenvalue weighted by Gasteiger charge is -2.32. The van der Waals surface area contributed by atoms with E-state index in [4.69, 9.17) is 23.2 Å². The highest BCUT2D eigenvalue weighted by Gasteiger charge is 2.33. The molecule has 1 unspecified atom stereocenters. The summed E-state index contributed by atoms with van der Waals surface area (Å²) in [7, 11) is -4.16. The maximum absolute atomic E-state index is 13.9. The predicted octanol–water partition coefficient (Wildman–Crippen LogP) is 5.69. The zero-order valence-electron chi connectivity index (χ0n) is 22.4. The molecule has 208 valence electrons. The molecular weight excluding hydrogens is 557 g/mol. The van der Waals surface area contributed by atoms with Crippen molar-refractivity contribution in [3.63, 3.8) is 0 Å². The molecule has 0 heterocycles. The molecule has 3 aromatic carbocycles. The number of halogens is 2. The van der Waals surface area contributed by atoms with Gasteiger partial charge in [0.05, 0.1) is 10.6 Å². The third-order valence-corrected chi connectivity index (χ3v) is 8.43. The number of nitrogens with zero attached hydrogens (tertiary/aromatic N) is 2. The van der Waals surface area contributed by atoms with E-state index in [0.717, 1.165) is 9.87 Å². The van der Waals surface area contributed by atoms with Crippen molar-refractivity contribution >= 4 is 50.7 Å². The van der Waals surface area contributed by atoms with Gasteiger partial charge in [0.2, 0.25) is 11.8 Å². The lowest BCUT2D eigenvalue weighted by molar-refractivity contribution is -0.139. The van der Waals surface area contributed by atoms with Crippen LogP contribution in [0.2, 0.25) is 10.0 Å². The molecule has 2 amide bonds. The van der Waals surface area contributed by atoms with E-state index in [-0.39, 0.29) is 29.0 Å². The molecule has 1 atom stereocenters. The number of nitrogens with one attached hydrogen (secondary N) is 1.